The lowest BCUT2D eigenvalue weighted by molar-refractivity contribution is -0.144. The summed E-state index contributed by atoms with van der Waals surface area (Å²) in [4.78, 5) is 11.7. The van der Waals surface area contributed by atoms with E-state index in [2.05, 4.69) is 13.8 Å². The van der Waals surface area contributed by atoms with Crippen LogP contribution in [-0.2, 0) is 16.0 Å². The highest BCUT2D eigenvalue weighted by molar-refractivity contribution is 5.73. The van der Waals surface area contributed by atoms with Gasteiger partial charge in [-0.05, 0) is 18.4 Å². The standard InChI is InChI=1S/C15H22O3/c1-4-7-12(2)11-18-15(16)10-13-8-5-6-9-14(13)17-3/h5-6,8-9,12H,4,7,10-11H2,1-3H3. The molecule has 0 saturated carbocycles. The zero-order valence-electron chi connectivity index (χ0n) is 11.4. The predicted molar refractivity (Wildman–Crippen MR) is 71.7 cm³/mol. The number of esters is 1. The molecule has 0 bridgehead atoms. The second-order valence-electron chi connectivity index (χ2n) is 4.57. The van der Waals surface area contributed by atoms with Crippen molar-refractivity contribution in [3.8, 4) is 5.75 Å². The van der Waals surface area contributed by atoms with Crippen LogP contribution in [0.15, 0.2) is 24.3 Å². The Hall–Kier alpha value is -1.51. The Balaban J connectivity index is 2.44. The SMILES string of the molecule is CCCC(C)COC(=O)Cc1ccccc1OC. The summed E-state index contributed by atoms with van der Waals surface area (Å²) in [7, 11) is 1.60. The van der Waals surface area contributed by atoms with E-state index in [1.165, 1.54) is 0 Å². The van der Waals surface area contributed by atoms with Crippen LogP contribution in [-0.4, -0.2) is 19.7 Å². The Morgan fingerprint density at radius 2 is 2.06 bits per heavy atom. The van der Waals surface area contributed by atoms with Gasteiger partial charge in [-0.15, -0.1) is 0 Å². The Morgan fingerprint density at radius 3 is 2.72 bits per heavy atom. The zero-order chi connectivity index (χ0) is 13.4. The molecule has 0 aliphatic carbocycles. The van der Waals surface area contributed by atoms with Crippen LogP contribution >= 0.6 is 0 Å². The second-order valence-corrected chi connectivity index (χ2v) is 4.57. The molecule has 0 aliphatic rings. The van der Waals surface area contributed by atoms with Gasteiger partial charge < -0.3 is 9.47 Å². The van der Waals surface area contributed by atoms with E-state index < -0.39 is 0 Å². The molecule has 0 aliphatic heterocycles. The topological polar surface area (TPSA) is 35.5 Å². The van der Waals surface area contributed by atoms with Crippen LogP contribution < -0.4 is 4.74 Å². The fraction of sp³-hybridized carbons (Fsp3) is 0.533. The monoisotopic (exact) mass is 250 g/mol. The number of hydrogen-bond donors (Lipinski definition) is 0. The van der Waals surface area contributed by atoms with Crippen molar-refractivity contribution in [1.82, 2.24) is 0 Å². The van der Waals surface area contributed by atoms with E-state index in [4.69, 9.17) is 9.47 Å². The lowest BCUT2D eigenvalue weighted by Gasteiger charge is -2.12. The van der Waals surface area contributed by atoms with Gasteiger partial charge in [-0.25, -0.2) is 0 Å². The smallest absolute Gasteiger partial charge is 0.310 e. The van der Waals surface area contributed by atoms with Gasteiger partial charge >= 0.3 is 5.97 Å². The minimum atomic E-state index is -0.192. The molecule has 3 heteroatoms. The van der Waals surface area contributed by atoms with Crippen molar-refractivity contribution < 1.29 is 14.3 Å². The summed E-state index contributed by atoms with van der Waals surface area (Å²) in [6, 6.07) is 7.51. The maximum atomic E-state index is 11.7. The Morgan fingerprint density at radius 1 is 1.33 bits per heavy atom. The zero-order valence-corrected chi connectivity index (χ0v) is 11.4. The fourth-order valence-corrected chi connectivity index (χ4v) is 1.87. The van der Waals surface area contributed by atoms with E-state index in [0.29, 0.717) is 12.5 Å². The number of ether oxygens (including phenoxy) is 2. The summed E-state index contributed by atoms with van der Waals surface area (Å²) >= 11 is 0. The molecular formula is C15H22O3. The van der Waals surface area contributed by atoms with Gasteiger partial charge in [0.2, 0.25) is 0 Å². The normalized spacial score (nSPS) is 11.9. The van der Waals surface area contributed by atoms with Crippen molar-refractivity contribution in [3.05, 3.63) is 29.8 Å². The van der Waals surface area contributed by atoms with Crippen LogP contribution in [0, 0.1) is 5.92 Å². The number of hydrogen-bond acceptors (Lipinski definition) is 3. The lowest BCUT2D eigenvalue weighted by atomic mass is 10.1. The maximum absolute atomic E-state index is 11.7. The average Bonchev–Trinajstić information content (AvgIpc) is 2.37. The number of benzene rings is 1. The summed E-state index contributed by atoms with van der Waals surface area (Å²) < 4.78 is 10.5. The average molecular weight is 250 g/mol. The summed E-state index contributed by atoms with van der Waals surface area (Å²) in [5.74, 6) is 0.968. The van der Waals surface area contributed by atoms with Crippen molar-refractivity contribution in [2.45, 2.75) is 33.1 Å². The number of rotatable bonds is 7. The van der Waals surface area contributed by atoms with E-state index >= 15 is 0 Å². The molecule has 3 nitrogen and oxygen atoms in total. The molecule has 0 amide bonds. The van der Waals surface area contributed by atoms with Gasteiger partial charge in [-0.1, -0.05) is 38.5 Å². The van der Waals surface area contributed by atoms with Crippen molar-refractivity contribution in [2.75, 3.05) is 13.7 Å². The highest BCUT2D eigenvalue weighted by atomic mass is 16.5. The first-order chi connectivity index (χ1) is 8.67. The minimum absolute atomic E-state index is 0.192. The first-order valence-electron chi connectivity index (χ1n) is 6.44. The van der Waals surface area contributed by atoms with Gasteiger partial charge in [-0.3, -0.25) is 4.79 Å². The van der Waals surface area contributed by atoms with Crippen LogP contribution in [0.3, 0.4) is 0 Å². The van der Waals surface area contributed by atoms with Gasteiger partial charge in [0.1, 0.15) is 5.75 Å². The second kappa shape index (κ2) is 7.75. The largest absolute Gasteiger partial charge is 0.496 e. The van der Waals surface area contributed by atoms with Gasteiger partial charge in [0, 0.05) is 5.56 Å². The molecule has 0 spiro atoms. The lowest BCUT2D eigenvalue weighted by Crippen LogP contribution is -2.14. The molecule has 0 heterocycles. The third-order valence-electron chi connectivity index (χ3n) is 2.84. The molecule has 1 aromatic rings. The predicted octanol–water partition coefficient (Wildman–Crippen LogP) is 3.22. The molecule has 1 atom stereocenters. The Bertz CT molecular complexity index is 374. The molecule has 1 aromatic carbocycles. The molecule has 0 N–H and O–H groups in total. The number of methoxy groups -OCH3 is 1. The summed E-state index contributed by atoms with van der Waals surface area (Å²) in [6.07, 6.45) is 2.47. The molecule has 1 rings (SSSR count). The first kappa shape index (κ1) is 14.6. The Kier molecular flexibility index (Phi) is 6.26. The quantitative estimate of drug-likeness (QED) is 0.697. The van der Waals surface area contributed by atoms with Gasteiger partial charge in [0.05, 0.1) is 20.1 Å². The highest BCUT2D eigenvalue weighted by Gasteiger charge is 2.10. The summed E-state index contributed by atoms with van der Waals surface area (Å²) in [6.45, 7) is 4.73. The molecule has 0 saturated heterocycles. The van der Waals surface area contributed by atoms with Gasteiger partial charge in [0.25, 0.3) is 0 Å². The van der Waals surface area contributed by atoms with Crippen LogP contribution in [0.2, 0.25) is 0 Å². The molecule has 0 fully saturated rings. The first-order valence-corrected chi connectivity index (χ1v) is 6.44. The molecule has 100 valence electrons. The minimum Gasteiger partial charge on any atom is -0.496 e. The van der Waals surface area contributed by atoms with Crippen molar-refractivity contribution >= 4 is 5.97 Å². The molecule has 0 radical (unpaired) electrons. The van der Waals surface area contributed by atoms with Crippen molar-refractivity contribution in [2.24, 2.45) is 5.92 Å². The van der Waals surface area contributed by atoms with E-state index in [9.17, 15) is 4.79 Å². The van der Waals surface area contributed by atoms with Gasteiger partial charge in [0.15, 0.2) is 0 Å². The van der Waals surface area contributed by atoms with E-state index in [0.717, 1.165) is 24.2 Å². The van der Waals surface area contributed by atoms with E-state index in [-0.39, 0.29) is 12.4 Å². The molecule has 0 aromatic heterocycles. The third kappa shape index (κ3) is 4.78. The van der Waals surface area contributed by atoms with Crippen LogP contribution in [0.4, 0.5) is 0 Å². The van der Waals surface area contributed by atoms with E-state index in [1.54, 1.807) is 7.11 Å². The number of para-hydroxylation sites is 1. The van der Waals surface area contributed by atoms with Crippen molar-refractivity contribution in [1.29, 1.82) is 0 Å². The Labute approximate surface area is 109 Å². The fourth-order valence-electron chi connectivity index (χ4n) is 1.87. The summed E-state index contributed by atoms with van der Waals surface area (Å²) in [5.41, 5.74) is 0.869. The molecule has 18 heavy (non-hydrogen) atoms. The summed E-state index contributed by atoms with van der Waals surface area (Å²) in [5, 5.41) is 0. The molecule has 1 unspecified atom stereocenters. The van der Waals surface area contributed by atoms with E-state index in [1.807, 2.05) is 24.3 Å². The third-order valence-corrected chi connectivity index (χ3v) is 2.84. The highest BCUT2D eigenvalue weighted by Crippen LogP contribution is 2.18. The van der Waals surface area contributed by atoms with Gasteiger partial charge in [-0.2, -0.15) is 0 Å². The number of carbonyl (C=O) groups excluding carboxylic acids is 1. The number of carbonyl (C=O) groups is 1. The van der Waals surface area contributed by atoms with Crippen LogP contribution in [0.25, 0.3) is 0 Å². The van der Waals surface area contributed by atoms with Crippen molar-refractivity contribution in [3.63, 3.8) is 0 Å². The maximum Gasteiger partial charge on any atom is 0.310 e. The van der Waals surface area contributed by atoms with Crippen LogP contribution in [0.1, 0.15) is 32.3 Å². The van der Waals surface area contributed by atoms with Crippen LogP contribution in [0.5, 0.6) is 5.75 Å². The molecular weight excluding hydrogens is 228 g/mol.